The van der Waals surface area contributed by atoms with E-state index in [2.05, 4.69) is 13.0 Å². The van der Waals surface area contributed by atoms with Crippen LogP contribution in [-0.4, -0.2) is 17.7 Å². The number of para-hydroxylation sites is 1. The van der Waals surface area contributed by atoms with E-state index in [0.717, 1.165) is 12.1 Å². The Morgan fingerprint density at radius 2 is 2.14 bits per heavy atom. The topological polar surface area (TPSA) is 61.2 Å². The van der Waals surface area contributed by atoms with Gasteiger partial charge in [0.25, 0.3) is 0 Å². The normalized spacial score (nSPS) is 27.2. The summed E-state index contributed by atoms with van der Waals surface area (Å²) >= 11 is 0. The SMILES string of the molecule is CCC1(CCC#N)CCC(=O)N2c3ccccc3C(=O)C21. The van der Waals surface area contributed by atoms with E-state index in [-0.39, 0.29) is 17.1 Å². The van der Waals surface area contributed by atoms with Crippen molar-refractivity contribution in [2.45, 2.75) is 45.1 Å². The summed E-state index contributed by atoms with van der Waals surface area (Å²) in [5.74, 6) is 0.0674. The molecule has 21 heavy (non-hydrogen) atoms. The van der Waals surface area contributed by atoms with E-state index < -0.39 is 6.04 Å². The molecule has 4 heteroatoms. The first-order valence-electron chi connectivity index (χ1n) is 7.47. The van der Waals surface area contributed by atoms with Gasteiger partial charge in [0.05, 0.1) is 11.8 Å². The average molecular weight is 282 g/mol. The number of amides is 1. The van der Waals surface area contributed by atoms with Crippen molar-refractivity contribution in [2.75, 3.05) is 4.90 Å². The smallest absolute Gasteiger partial charge is 0.227 e. The number of anilines is 1. The summed E-state index contributed by atoms with van der Waals surface area (Å²) in [6, 6.07) is 9.11. The van der Waals surface area contributed by atoms with Crippen molar-refractivity contribution in [2.24, 2.45) is 5.41 Å². The molecular weight excluding hydrogens is 264 g/mol. The highest BCUT2D eigenvalue weighted by molar-refractivity contribution is 6.18. The first kappa shape index (κ1) is 13.8. The zero-order chi connectivity index (χ0) is 15.0. The highest BCUT2D eigenvalue weighted by atomic mass is 16.2. The minimum Gasteiger partial charge on any atom is -0.300 e. The van der Waals surface area contributed by atoms with Crippen LogP contribution in [0.4, 0.5) is 5.69 Å². The lowest BCUT2D eigenvalue weighted by Crippen LogP contribution is -2.55. The fourth-order valence-electron chi connectivity index (χ4n) is 3.85. The van der Waals surface area contributed by atoms with Crippen molar-refractivity contribution in [1.82, 2.24) is 0 Å². The number of piperidine rings is 1. The van der Waals surface area contributed by atoms with Gasteiger partial charge in [0.2, 0.25) is 5.91 Å². The Labute approximate surface area is 124 Å². The Morgan fingerprint density at radius 1 is 1.38 bits per heavy atom. The van der Waals surface area contributed by atoms with Crippen molar-refractivity contribution >= 4 is 17.4 Å². The van der Waals surface area contributed by atoms with Crippen LogP contribution in [0.5, 0.6) is 0 Å². The zero-order valence-electron chi connectivity index (χ0n) is 12.1. The number of benzene rings is 1. The molecule has 4 nitrogen and oxygen atoms in total. The first-order chi connectivity index (χ1) is 10.1. The van der Waals surface area contributed by atoms with Crippen LogP contribution in [-0.2, 0) is 4.79 Å². The predicted molar refractivity (Wildman–Crippen MR) is 78.9 cm³/mol. The maximum absolute atomic E-state index is 12.8. The molecule has 2 aliphatic rings. The minimum atomic E-state index is -0.422. The van der Waals surface area contributed by atoms with Crippen LogP contribution in [0.1, 0.15) is 49.4 Å². The first-order valence-corrected chi connectivity index (χ1v) is 7.47. The Kier molecular flexibility index (Phi) is 3.29. The van der Waals surface area contributed by atoms with Gasteiger partial charge in [-0.25, -0.2) is 0 Å². The van der Waals surface area contributed by atoms with E-state index in [1.165, 1.54) is 0 Å². The maximum Gasteiger partial charge on any atom is 0.227 e. The summed E-state index contributed by atoms with van der Waals surface area (Å²) < 4.78 is 0. The number of nitriles is 1. The quantitative estimate of drug-likeness (QED) is 0.856. The molecule has 0 saturated carbocycles. The van der Waals surface area contributed by atoms with E-state index in [1.54, 1.807) is 11.0 Å². The van der Waals surface area contributed by atoms with Gasteiger partial charge >= 0.3 is 0 Å². The second-order valence-electron chi connectivity index (χ2n) is 5.92. The molecule has 1 aromatic carbocycles. The van der Waals surface area contributed by atoms with Crippen molar-refractivity contribution in [3.8, 4) is 6.07 Å². The number of carbonyl (C=O) groups is 2. The van der Waals surface area contributed by atoms with Crippen LogP contribution in [0, 0.1) is 16.7 Å². The van der Waals surface area contributed by atoms with Gasteiger partial charge in [-0.05, 0) is 36.8 Å². The summed E-state index contributed by atoms with van der Waals surface area (Å²) in [6.07, 6.45) is 3.06. The maximum atomic E-state index is 12.8. The third kappa shape index (κ3) is 1.88. The molecule has 0 aromatic heterocycles. The fraction of sp³-hybridized carbons (Fsp3) is 0.471. The monoisotopic (exact) mass is 282 g/mol. The molecule has 2 aliphatic heterocycles. The minimum absolute atomic E-state index is 0.0272. The van der Waals surface area contributed by atoms with Gasteiger partial charge in [-0.1, -0.05) is 19.1 Å². The van der Waals surface area contributed by atoms with Crippen molar-refractivity contribution in [3.05, 3.63) is 29.8 Å². The molecule has 3 rings (SSSR count). The van der Waals surface area contributed by atoms with Gasteiger partial charge in [0.15, 0.2) is 5.78 Å². The molecule has 2 heterocycles. The third-order valence-electron chi connectivity index (χ3n) is 5.06. The van der Waals surface area contributed by atoms with E-state index >= 15 is 0 Å². The zero-order valence-corrected chi connectivity index (χ0v) is 12.1. The van der Waals surface area contributed by atoms with Crippen molar-refractivity contribution in [1.29, 1.82) is 5.26 Å². The highest BCUT2D eigenvalue weighted by Gasteiger charge is 2.54. The number of hydrogen-bond donors (Lipinski definition) is 0. The van der Waals surface area contributed by atoms with Gasteiger partial charge in [0, 0.05) is 18.4 Å². The van der Waals surface area contributed by atoms with E-state index in [4.69, 9.17) is 5.26 Å². The Morgan fingerprint density at radius 3 is 2.86 bits per heavy atom. The van der Waals surface area contributed by atoms with Gasteiger partial charge in [0.1, 0.15) is 6.04 Å². The molecule has 0 radical (unpaired) electrons. The molecule has 1 fully saturated rings. The van der Waals surface area contributed by atoms with Crippen LogP contribution in [0.2, 0.25) is 0 Å². The molecule has 108 valence electrons. The van der Waals surface area contributed by atoms with Gasteiger partial charge in [-0.2, -0.15) is 5.26 Å². The second-order valence-corrected chi connectivity index (χ2v) is 5.92. The molecule has 2 atom stereocenters. The van der Waals surface area contributed by atoms with E-state index in [1.807, 2.05) is 18.2 Å². The standard InChI is InChI=1S/C17H18N2O2/c1-2-17(9-5-11-18)10-8-14(20)19-13-7-4-3-6-12(13)15(21)16(17)19/h3-4,6-7,16H,2,5,8-10H2,1H3. The number of Topliss-reactive ketones (excluding diaryl/α,β-unsaturated/α-hetero) is 1. The van der Waals surface area contributed by atoms with Crippen LogP contribution < -0.4 is 4.90 Å². The van der Waals surface area contributed by atoms with Crippen molar-refractivity contribution < 1.29 is 9.59 Å². The fourth-order valence-corrected chi connectivity index (χ4v) is 3.85. The van der Waals surface area contributed by atoms with E-state index in [0.29, 0.717) is 31.2 Å². The largest absolute Gasteiger partial charge is 0.300 e. The summed E-state index contributed by atoms with van der Waals surface area (Å²) in [6.45, 7) is 2.06. The molecule has 0 N–H and O–H groups in total. The number of carbonyl (C=O) groups excluding carboxylic acids is 2. The number of nitrogens with zero attached hydrogens (tertiary/aromatic N) is 2. The molecule has 2 unspecified atom stereocenters. The second kappa shape index (κ2) is 5.00. The van der Waals surface area contributed by atoms with Gasteiger partial charge in [-0.3, -0.25) is 9.59 Å². The lowest BCUT2D eigenvalue weighted by molar-refractivity contribution is -0.122. The van der Waals surface area contributed by atoms with Crippen LogP contribution in [0.15, 0.2) is 24.3 Å². The Hall–Kier alpha value is -2.15. The van der Waals surface area contributed by atoms with Crippen LogP contribution in [0.3, 0.4) is 0 Å². The molecule has 0 bridgehead atoms. The average Bonchev–Trinajstić information content (AvgIpc) is 2.83. The molecule has 1 saturated heterocycles. The summed E-state index contributed by atoms with van der Waals surface area (Å²) in [4.78, 5) is 26.9. The van der Waals surface area contributed by atoms with Crippen LogP contribution in [0.25, 0.3) is 0 Å². The number of ketones is 1. The number of fused-ring (bicyclic) bond motifs is 3. The summed E-state index contributed by atoms with van der Waals surface area (Å²) in [7, 11) is 0. The Bertz CT molecular complexity index is 646. The van der Waals surface area contributed by atoms with Gasteiger partial charge in [-0.15, -0.1) is 0 Å². The molecule has 0 aliphatic carbocycles. The highest BCUT2D eigenvalue weighted by Crippen LogP contribution is 2.50. The number of rotatable bonds is 3. The lowest BCUT2D eigenvalue weighted by atomic mass is 9.67. The molecule has 1 amide bonds. The number of hydrogen-bond acceptors (Lipinski definition) is 3. The molecule has 0 spiro atoms. The molecular formula is C17H18N2O2. The summed E-state index contributed by atoms with van der Waals surface area (Å²) in [5.41, 5.74) is 1.12. The van der Waals surface area contributed by atoms with Crippen molar-refractivity contribution in [3.63, 3.8) is 0 Å². The summed E-state index contributed by atoms with van der Waals surface area (Å²) in [5, 5.41) is 8.92. The third-order valence-corrected chi connectivity index (χ3v) is 5.06. The molecule has 1 aromatic rings. The van der Waals surface area contributed by atoms with Crippen LogP contribution >= 0.6 is 0 Å². The lowest BCUT2D eigenvalue weighted by Gasteiger charge is -2.45. The Balaban J connectivity index is 2.09. The van der Waals surface area contributed by atoms with Gasteiger partial charge < -0.3 is 4.90 Å². The van der Waals surface area contributed by atoms with E-state index in [9.17, 15) is 9.59 Å². The predicted octanol–water partition coefficient (Wildman–Crippen LogP) is 3.08.